The zero-order chi connectivity index (χ0) is 48.5. The summed E-state index contributed by atoms with van der Waals surface area (Å²) in [5.74, 6) is -0.836. The molecule has 382 valence electrons. The van der Waals surface area contributed by atoms with E-state index in [1.165, 1.54) is 116 Å². The molecular formula is C56H101NO8P+. The second-order valence-corrected chi connectivity index (χ2v) is 20.3. The van der Waals surface area contributed by atoms with E-state index in [1.807, 2.05) is 21.1 Å². The Morgan fingerprint density at radius 2 is 0.864 bits per heavy atom. The smallest absolute Gasteiger partial charge is 0.462 e. The number of carbonyl (C=O) groups is 2. The first-order valence-corrected chi connectivity index (χ1v) is 28.2. The highest BCUT2D eigenvalue weighted by atomic mass is 31.2. The third-order valence-electron chi connectivity index (χ3n) is 11.2. The van der Waals surface area contributed by atoms with E-state index in [-0.39, 0.29) is 32.0 Å². The van der Waals surface area contributed by atoms with E-state index in [4.69, 9.17) is 18.5 Å². The second-order valence-electron chi connectivity index (χ2n) is 18.9. The molecule has 1 N–H and O–H groups in total. The van der Waals surface area contributed by atoms with E-state index < -0.39 is 26.5 Å². The molecule has 0 aromatic rings. The van der Waals surface area contributed by atoms with Crippen molar-refractivity contribution in [2.75, 3.05) is 47.5 Å². The maximum Gasteiger partial charge on any atom is 0.472 e. The minimum atomic E-state index is -4.40. The summed E-state index contributed by atoms with van der Waals surface area (Å²) in [5, 5.41) is 0. The molecule has 0 radical (unpaired) electrons. The second kappa shape index (κ2) is 47.5. The summed E-state index contributed by atoms with van der Waals surface area (Å²) in [6.07, 6.45) is 61.1. The highest BCUT2D eigenvalue weighted by molar-refractivity contribution is 7.47. The predicted molar refractivity (Wildman–Crippen MR) is 279 cm³/mol. The van der Waals surface area contributed by atoms with Gasteiger partial charge in [0.1, 0.15) is 19.8 Å². The maximum atomic E-state index is 12.8. The number of quaternary nitrogens is 1. The molecule has 0 aromatic heterocycles. The molecule has 0 aliphatic heterocycles. The highest BCUT2D eigenvalue weighted by Gasteiger charge is 2.27. The van der Waals surface area contributed by atoms with Gasteiger partial charge in [-0.2, -0.15) is 0 Å². The molecule has 0 saturated carbocycles. The predicted octanol–water partition coefficient (Wildman–Crippen LogP) is 16.1. The molecule has 10 heteroatoms. The molecule has 0 saturated heterocycles. The van der Waals surface area contributed by atoms with Crippen LogP contribution in [0.2, 0.25) is 0 Å². The van der Waals surface area contributed by atoms with Crippen molar-refractivity contribution in [3.63, 3.8) is 0 Å². The highest BCUT2D eigenvalue weighted by Crippen LogP contribution is 2.43. The molecule has 0 spiro atoms. The van der Waals surface area contributed by atoms with E-state index >= 15 is 0 Å². The first-order valence-electron chi connectivity index (χ1n) is 26.7. The first kappa shape index (κ1) is 63.5. The van der Waals surface area contributed by atoms with Crippen LogP contribution in [0.5, 0.6) is 0 Å². The van der Waals surface area contributed by atoms with E-state index in [0.717, 1.165) is 70.6 Å². The van der Waals surface area contributed by atoms with Crippen LogP contribution < -0.4 is 0 Å². The van der Waals surface area contributed by atoms with Crippen LogP contribution in [0.15, 0.2) is 72.9 Å². The van der Waals surface area contributed by atoms with Gasteiger partial charge in [-0.15, -0.1) is 0 Å². The normalized spacial score (nSPS) is 14.0. The topological polar surface area (TPSA) is 108 Å². The molecule has 0 bridgehead atoms. The molecule has 0 rings (SSSR count). The summed E-state index contributed by atoms with van der Waals surface area (Å²) >= 11 is 0. The monoisotopic (exact) mass is 947 g/mol. The largest absolute Gasteiger partial charge is 0.472 e. The Labute approximate surface area is 406 Å². The van der Waals surface area contributed by atoms with Gasteiger partial charge in [-0.1, -0.05) is 196 Å². The average Bonchev–Trinajstić information content (AvgIpc) is 3.27. The molecular weight excluding hydrogens is 846 g/mol. The molecule has 2 atom stereocenters. The van der Waals surface area contributed by atoms with E-state index in [2.05, 4.69) is 86.8 Å². The van der Waals surface area contributed by atoms with Crippen molar-refractivity contribution in [3.05, 3.63) is 72.9 Å². The van der Waals surface area contributed by atoms with Crippen LogP contribution in [-0.4, -0.2) is 74.9 Å². The Morgan fingerprint density at radius 1 is 0.485 bits per heavy atom. The Balaban J connectivity index is 4.27. The summed E-state index contributed by atoms with van der Waals surface area (Å²) in [7, 11) is 1.45. The van der Waals surface area contributed by atoms with E-state index in [1.54, 1.807) is 0 Å². The fourth-order valence-electron chi connectivity index (χ4n) is 7.09. The molecule has 9 nitrogen and oxygen atoms in total. The van der Waals surface area contributed by atoms with Gasteiger partial charge in [-0.3, -0.25) is 18.6 Å². The summed E-state index contributed by atoms with van der Waals surface area (Å²) in [5.41, 5.74) is 0. The number of likely N-dealkylation sites (N-methyl/N-ethyl adjacent to an activating group) is 1. The van der Waals surface area contributed by atoms with Crippen molar-refractivity contribution in [1.29, 1.82) is 0 Å². The Morgan fingerprint density at radius 3 is 1.32 bits per heavy atom. The van der Waals surface area contributed by atoms with Crippen LogP contribution in [0.25, 0.3) is 0 Å². The SMILES string of the molecule is CC/C=C\C/C=C\C/C=C\C/C=C\C/C=C\CCCCCC(=O)OC(COC(=O)CCCCCCCCCCCCC/C=C\CCCCCCCCCC)COP(=O)(O)OCC[N+](C)(C)C. The quantitative estimate of drug-likeness (QED) is 0.0211. The number of unbranched alkanes of at least 4 members (excludes halogenated alkanes) is 22. The van der Waals surface area contributed by atoms with Crippen LogP contribution in [-0.2, 0) is 32.7 Å². The Hall–Kier alpha value is -2.55. The van der Waals surface area contributed by atoms with E-state index in [9.17, 15) is 19.0 Å². The third-order valence-corrected chi connectivity index (χ3v) is 12.2. The molecule has 0 aromatic carbocycles. The van der Waals surface area contributed by atoms with Crippen LogP contribution in [0.4, 0.5) is 0 Å². The number of nitrogens with zero attached hydrogens (tertiary/aromatic N) is 1. The van der Waals surface area contributed by atoms with Crippen molar-refractivity contribution in [2.24, 2.45) is 0 Å². The van der Waals surface area contributed by atoms with Crippen LogP contribution in [0.3, 0.4) is 0 Å². The van der Waals surface area contributed by atoms with E-state index in [0.29, 0.717) is 17.4 Å². The molecule has 2 unspecified atom stereocenters. The third kappa shape index (κ3) is 50.9. The van der Waals surface area contributed by atoms with Gasteiger partial charge in [0.05, 0.1) is 27.7 Å². The molecule has 0 amide bonds. The lowest BCUT2D eigenvalue weighted by Gasteiger charge is -2.24. The number of rotatable bonds is 48. The van der Waals surface area contributed by atoms with Crippen LogP contribution >= 0.6 is 7.82 Å². The number of phosphoric acid groups is 1. The standard InChI is InChI=1S/C56H100NO8P/c1-6-8-10-12-14-16-18-20-22-24-26-27-28-29-31-32-34-36-38-40-42-44-46-48-55(58)62-52-54(53-64-66(60,61)63-51-50-57(3,4)5)65-56(59)49-47-45-43-41-39-37-35-33-30-25-23-21-19-17-15-13-11-9-7-2/h9,11,15,17,21,23-24,26,30,33,37,39,54H,6-8,10,12-14,16,18-20,22,25,27-29,31-32,34-36,38,40-53H2,1-5H3/p+1/b11-9-,17-15-,23-21-,26-24-,33-30-,39-37-. The van der Waals surface area contributed by atoms with Gasteiger partial charge >= 0.3 is 19.8 Å². The van der Waals surface area contributed by atoms with Gasteiger partial charge in [0.2, 0.25) is 0 Å². The lowest BCUT2D eigenvalue weighted by atomic mass is 10.0. The summed E-state index contributed by atoms with van der Waals surface area (Å²) < 4.78 is 34.4. The van der Waals surface area contributed by atoms with Crippen LogP contribution in [0.1, 0.15) is 219 Å². The van der Waals surface area contributed by atoms with Crippen molar-refractivity contribution in [3.8, 4) is 0 Å². The first-order chi connectivity index (χ1) is 32.0. The molecule has 0 heterocycles. The van der Waals surface area contributed by atoms with Gasteiger partial charge in [-0.05, 0) is 83.5 Å². The van der Waals surface area contributed by atoms with Gasteiger partial charge in [-0.25, -0.2) is 4.57 Å². The summed E-state index contributed by atoms with van der Waals surface area (Å²) in [6.45, 7) is 4.28. The number of hydrogen-bond acceptors (Lipinski definition) is 7. The average molecular weight is 947 g/mol. The Bertz CT molecular complexity index is 1350. The Kier molecular flexibility index (Phi) is 45.7. The fraction of sp³-hybridized carbons (Fsp3) is 0.750. The van der Waals surface area contributed by atoms with Gasteiger partial charge in [0, 0.05) is 12.8 Å². The molecule has 0 aliphatic rings. The number of esters is 2. The van der Waals surface area contributed by atoms with Crippen molar-refractivity contribution >= 4 is 19.8 Å². The lowest BCUT2D eigenvalue weighted by molar-refractivity contribution is -0.870. The number of ether oxygens (including phenoxy) is 2. The maximum absolute atomic E-state index is 12.8. The number of hydrogen-bond donors (Lipinski definition) is 1. The van der Waals surface area contributed by atoms with Crippen LogP contribution in [0, 0.1) is 0 Å². The molecule has 0 aliphatic carbocycles. The number of carbonyl (C=O) groups excluding carboxylic acids is 2. The minimum Gasteiger partial charge on any atom is -0.462 e. The summed E-state index contributed by atoms with van der Waals surface area (Å²) in [6, 6.07) is 0. The van der Waals surface area contributed by atoms with Gasteiger partial charge in [0.15, 0.2) is 6.10 Å². The van der Waals surface area contributed by atoms with Crippen molar-refractivity contribution in [1.82, 2.24) is 0 Å². The molecule has 0 fully saturated rings. The van der Waals surface area contributed by atoms with Gasteiger partial charge < -0.3 is 18.9 Å². The van der Waals surface area contributed by atoms with Crippen molar-refractivity contribution < 1.29 is 42.1 Å². The molecule has 66 heavy (non-hydrogen) atoms. The van der Waals surface area contributed by atoms with Crippen molar-refractivity contribution in [2.45, 2.75) is 225 Å². The number of phosphoric ester groups is 1. The lowest BCUT2D eigenvalue weighted by Crippen LogP contribution is -2.37. The number of allylic oxidation sites excluding steroid dienone is 12. The fourth-order valence-corrected chi connectivity index (χ4v) is 7.84. The zero-order valence-electron chi connectivity index (χ0n) is 43.2. The zero-order valence-corrected chi connectivity index (χ0v) is 44.1. The van der Waals surface area contributed by atoms with Gasteiger partial charge in [0.25, 0.3) is 0 Å². The minimum absolute atomic E-state index is 0.0219. The summed E-state index contributed by atoms with van der Waals surface area (Å²) in [4.78, 5) is 35.6.